The van der Waals surface area contributed by atoms with Gasteiger partial charge in [-0.2, -0.15) is 0 Å². The molecule has 2 heterocycles. The lowest BCUT2D eigenvalue weighted by Gasteiger charge is -2.35. The minimum absolute atomic E-state index is 0.203. The Morgan fingerprint density at radius 3 is 2.74 bits per heavy atom. The monoisotopic (exact) mass is 316 g/mol. The number of para-hydroxylation sites is 1. The van der Waals surface area contributed by atoms with Crippen molar-refractivity contribution >= 4 is 5.91 Å². The number of likely N-dealkylation sites (tertiary alicyclic amines) is 1. The summed E-state index contributed by atoms with van der Waals surface area (Å²) in [7, 11) is 1.73. The van der Waals surface area contributed by atoms with Crippen LogP contribution in [-0.2, 0) is 11.2 Å². The molecule has 1 aromatic carbocycles. The molecule has 1 amide bonds. The first-order chi connectivity index (χ1) is 11.3. The molecule has 4 nitrogen and oxygen atoms in total. The Kier molecular flexibility index (Phi) is 5.55. The van der Waals surface area contributed by atoms with Crippen molar-refractivity contribution in [2.24, 2.45) is 11.8 Å². The van der Waals surface area contributed by atoms with Gasteiger partial charge in [0.05, 0.1) is 13.0 Å². The molecule has 0 radical (unpaired) electrons. The number of benzene rings is 1. The summed E-state index contributed by atoms with van der Waals surface area (Å²) < 4.78 is 5.45. The first kappa shape index (κ1) is 16.3. The number of piperidine rings is 2. The van der Waals surface area contributed by atoms with Crippen molar-refractivity contribution in [1.82, 2.24) is 10.2 Å². The number of amides is 1. The first-order valence-electron chi connectivity index (χ1n) is 8.89. The largest absolute Gasteiger partial charge is 0.496 e. The van der Waals surface area contributed by atoms with Crippen molar-refractivity contribution in [1.29, 1.82) is 0 Å². The summed E-state index contributed by atoms with van der Waals surface area (Å²) in [5.74, 6) is 2.21. The van der Waals surface area contributed by atoms with Gasteiger partial charge in [0.1, 0.15) is 5.75 Å². The molecule has 1 aromatic rings. The molecule has 2 aliphatic heterocycles. The molecule has 1 atom stereocenters. The highest BCUT2D eigenvalue weighted by Crippen LogP contribution is 2.27. The Labute approximate surface area is 139 Å². The summed E-state index contributed by atoms with van der Waals surface area (Å²) >= 11 is 0. The Morgan fingerprint density at radius 1 is 1.26 bits per heavy atom. The molecule has 126 valence electrons. The average molecular weight is 316 g/mol. The number of ether oxygens (including phenoxy) is 1. The number of hydrogen-bond donors (Lipinski definition) is 1. The highest BCUT2D eigenvalue weighted by Gasteiger charge is 2.29. The zero-order valence-electron chi connectivity index (χ0n) is 14.1. The highest BCUT2D eigenvalue weighted by atomic mass is 16.5. The van der Waals surface area contributed by atoms with Crippen LogP contribution >= 0.6 is 0 Å². The van der Waals surface area contributed by atoms with Crippen LogP contribution in [0.4, 0.5) is 0 Å². The lowest BCUT2D eigenvalue weighted by molar-refractivity contribution is -0.137. The van der Waals surface area contributed by atoms with E-state index in [1.54, 1.807) is 7.11 Å². The van der Waals surface area contributed by atoms with Gasteiger partial charge in [-0.1, -0.05) is 18.2 Å². The van der Waals surface area contributed by atoms with Gasteiger partial charge in [-0.3, -0.25) is 4.79 Å². The summed E-state index contributed by atoms with van der Waals surface area (Å²) in [5, 5.41) is 3.35. The molecule has 1 unspecified atom stereocenters. The first-order valence-corrected chi connectivity index (χ1v) is 8.89. The van der Waals surface area contributed by atoms with Gasteiger partial charge in [0.2, 0.25) is 5.91 Å². The molecule has 2 aliphatic rings. The van der Waals surface area contributed by atoms with Crippen molar-refractivity contribution in [2.75, 3.05) is 33.3 Å². The Morgan fingerprint density at radius 2 is 2.04 bits per heavy atom. The molecule has 23 heavy (non-hydrogen) atoms. The third-order valence-corrected chi connectivity index (χ3v) is 5.27. The van der Waals surface area contributed by atoms with E-state index in [-0.39, 0.29) is 5.92 Å². The molecule has 0 saturated carbocycles. The quantitative estimate of drug-likeness (QED) is 0.928. The van der Waals surface area contributed by atoms with Crippen LogP contribution in [0.2, 0.25) is 0 Å². The fourth-order valence-electron chi connectivity index (χ4n) is 3.86. The normalized spacial score (nSPS) is 22.8. The average Bonchev–Trinajstić information content (AvgIpc) is 2.63. The summed E-state index contributed by atoms with van der Waals surface area (Å²) in [6, 6.07) is 8.28. The summed E-state index contributed by atoms with van der Waals surface area (Å²) in [6.45, 7) is 3.75. The van der Waals surface area contributed by atoms with Crippen molar-refractivity contribution in [3.63, 3.8) is 0 Å². The second-order valence-electron chi connectivity index (χ2n) is 6.83. The lowest BCUT2D eigenvalue weighted by Crippen LogP contribution is -2.46. The molecule has 0 aliphatic carbocycles. The fourth-order valence-corrected chi connectivity index (χ4v) is 3.86. The number of methoxy groups -OCH3 is 1. The topological polar surface area (TPSA) is 41.6 Å². The molecule has 1 N–H and O–H groups in total. The zero-order chi connectivity index (χ0) is 16.1. The number of hydrogen-bond acceptors (Lipinski definition) is 3. The minimum Gasteiger partial charge on any atom is -0.496 e. The Bertz CT molecular complexity index is 518. The summed E-state index contributed by atoms with van der Waals surface area (Å²) in [4.78, 5) is 14.7. The van der Waals surface area contributed by atoms with E-state index in [2.05, 4.69) is 22.3 Å². The van der Waals surface area contributed by atoms with Crippen molar-refractivity contribution < 1.29 is 9.53 Å². The van der Waals surface area contributed by atoms with Crippen LogP contribution in [-0.4, -0.2) is 44.1 Å². The van der Waals surface area contributed by atoms with E-state index in [0.717, 1.165) is 64.0 Å². The lowest BCUT2D eigenvalue weighted by atomic mass is 9.88. The number of carbonyl (C=O) groups is 1. The van der Waals surface area contributed by atoms with Crippen molar-refractivity contribution in [3.05, 3.63) is 29.8 Å². The van der Waals surface area contributed by atoms with E-state index in [1.807, 2.05) is 12.1 Å². The van der Waals surface area contributed by atoms with Gasteiger partial charge in [0.15, 0.2) is 0 Å². The Balaban J connectivity index is 1.51. The molecule has 0 bridgehead atoms. The van der Waals surface area contributed by atoms with E-state index in [0.29, 0.717) is 11.8 Å². The SMILES string of the molecule is COc1ccccc1CC1CCN(C(=O)C2CCCNC2)CC1. The number of rotatable bonds is 4. The van der Waals surface area contributed by atoms with E-state index < -0.39 is 0 Å². The maximum atomic E-state index is 12.6. The Hall–Kier alpha value is -1.55. The predicted octanol–water partition coefficient (Wildman–Crippen LogP) is 2.48. The van der Waals surface area contributed by atoms with Crippen LogP contribution in [0, 0.1) is 11.8 Å². The van der Waals surface area contributed by atoms with Gasteiger partial charge in [-0.15, -0.1) is 0 Å². The number of carbonyl (C=O) groups excluding carboxylic acids is 1. The molecule has 3 rings (SSSR count). The van der Waals surface area contributed by atoms with Crippen molar-refractivity contribution in [3.8, 4) is 5.75 Å². The molecule has 0 aromatic heterocycles. The van der Waals surface area contributed by atoms with Gasteiger partial charge >= 0.3 is 0 Å². The molecule has 0 spiro atoms. The predicted molar refractivity (Wildman–Crippen MR) is 91.6 cm³/mol. The van der Waals surface area contributed by atoms with E-state index in [4.69, 9.17) is 4.74 Å². The third-order valence-electron chi connectivity index (χ3n) is 5.27. The number of nitrogens with zero attached hydrogens (tertiary/aromatic N) is 1. The fraction of sp³-hybridized carbons (Fsp3) is 0.632. The van der Waals surface area contributed by atoms with Crippen LogP contribution in [0.3, 0.4) is 0 Å². The van der Waals surface area contributed by atoms with Crippen LogP contribution < -0.4 is 10.1 Å². The summed E-state index contributed by atoms with van der Waals surface area (Å²) in [6.07, 6.45) is 5.43. The van der Waals surface area contributed by atoms with Crippen LogP contribution in [0.5, 0.6) is 5.75 Å². The van der Waals surface area contributed by atoms with E-state index >= 15 is 0 Å². The zero-order valence-corrected chi connectivity index (χ0v) is 14.1. The standard InChI is InChI=1S/C19H28N2O2/c1-23-18-7-3-2-5-16(18)13-15-8-11-21(12-9-15)19(22)17-6-4-10-20-14-17/h2-3,5,7,15,17,20H,4,6,8-14H2,1H3. The highest BCUT2D eigenvalue weighted by molar-refractivity contribution is 5.79. The summed E-state index contributed by atoms with van der Waals surface area (Å²) in [5.41, 5.74) is 1.29. The number of nitrogens with one attached hydrogen (secondary N) is 1. The second kappa shape index (κ2) is 7.82. The van der Waals surface area contributed by atoms with Crippen LogP contribution in [0.15, 0.2) is 24.3 Å². The maximum Gasteiger partial charge on any atom is 0.226 e. The van der Waals surface area contributed by atoms with Gasteiger partial charge < -0.3 is 15.0 Å². The molecule has 2 fully saturated rings. The van der Waals surface area contributed by atoms with Crippen LogP contribution in [0.1, 0.15) is 31.2 Å². The third kappa shape index (κ3) is 4.05. The van der Waals surface area contributed by atoms with Crippen molar-refractivity contribution in [2.45, 2.75) is 32.1 Å². The smallest absolute Gasteiger partial charge is 0.226 e. The molecule has 2 saturated heterocycles. The second-order valence-corrected chi connectivity index (χ2v) is 6.83. The molecular formula is C19H28N2O2. The van der Waals surface area contributed by atoms with Gasteiger partial charge in [0.25, 0.3) is 0 Å². The minimum atomic E-state index is 0.203. The van der Waals surface area contributed by atoms with E-state index in [9.17, 15) is 4.79 Å². The van der Waals surface area contributed by atoms with Crippen LogP contribution in [0.25, 0.3) is 0 Å². The van der Waals surface area contributed by atoms with Gasteiger partial charge in [0, 0.05) is 19.6 Å². The van der Waals surface area contributed by atoms with Gasteiger partial charge in [-0.25, -0.2) is 0 Å². The maximum absolute atomic E-state index is 12.6. The van der Waals surface area contributed by atoms with Gasteiger partial charge in [-0.05, 0) is 56.2 Å². The molecule has 4 heteroatoms. The van der Waals surface area contributed by atoms with E-state index in [1.165, 1.54) is 5.56 Å². The molecular weight excluding hydrogens is 288 g/mol.